The summed E-state index contributed by atoms with van der Waals surface area (Å²) in [7, 11) is 1.70. The predicted molar refractivity (Wildman–Crippen MR) is 122 cm³/mol. The fourth-order valence-electron chi connectivity index (χ4n) is 4.02. The third-order valence-corrected chi connectivity index (χ3v) is 5.65. The van der Waals surface area contributed by atoms with Gasteiger partial charge in [-0.1, -0.05) is 18.2 Å². The number of guanidine groups is 1. The molecule has 0 bridgehead atoms. The molecule has 0 radical (unpaired) electrons. The van der Waals surface area contributed by atoms with Crippen LogP contribution in [0, 0.1) is 0 Å². The zero-order valence-corrected chi connectivity index (χ0v) is 18.3. The van der Waals surface area contributed by atoms with Gasteiger partial charge in [-0.15, -0.1) is 10.2 Å². The first-order valence-corrected chi connectivity index (χ1v) is 11.0. The second-order valence-corrected chi connectivity index (χ2v) is 7.65. The summed E-state index contributed by atoms with van der Waals surface area (Å²) in [5.74, 6) is 2.49. The van der Waals surface area contributed by atoms with E-state index in [1.165, 1.54) is 18.4 Å². The number of nitrogens with zero attached hydrogens (tertiary/aromatic N) is 5. The second kappa shape index (κ2) is 10.3. The number of aromatic nitrogens is 3. The van der Waals surface area contributed by atoms with Crippen LogP contribution in [-0.4, -0.2) is 58.7 Å². The van der Waals surface area contributed by atoms with Gasteiger partial charge < -0.3 is 15.4 Å². The topological polar surface area (TPSA) is 79.1 Å². The van der Waals surface area contributed by atoms with Crippen molar-refractivity contribution in [2.45, 2.75) is 32.4 Å². The zero-order valence-electron chi connectivity index (χ0n) is 18.3. The Balaban J connectivity index is 1.47. The van der Waals surface area contributed by atoms with Crippen molar-refractivity contribution < 1.29 is 4.74 Å². The minimum absolute atomic E-state index is 0.284. The molecule has 3 aromatic rings. The van der Waals surface area contributed by atoms with E-state index in [0.29, 0.717) is 6.54 Å². The fourth-order valence-corrected chi connectivity index (χ4v) is 4.02. The molecule has 1 fully saturated rings. The van der Waals surface area contributed by atoms with Crippen LogP contribution in [0.25, 0.3) is 5.65 Å². The van der Waals surface area contributed by atoms with Crippen LogP contribution in [0.4, 0.5) is 0 Å². The van der Waals surface area contributed by atoms with Crippen LogP contribution in [-0.2, 0) is 6.54 Å². The van der Waals surface area contributed by atoms with E-state index in [2.05, 4.69) is 44.8 Å². The number of fused-ring (bicyclic) bond motifs is 1. The fraction of sp³-hybridized carbons (Fsp3) is 0.435. The maximum Gasteiger partial charge on any atom is 0.191 e. The lowest BCUT2D eigenvalue weighted by atomic mass is 10.1. The van der Waals surface area contributed by atoms with Gasteiger partial charge in [-0.2, -0.15) is 0 Å². The molecule has 1 aliphatic heterocycles. The van der Waals surface area contributed by atoms with Crippen LogP contribution < -0.4 is 15.4 Å². The molecule has 1 saturated heterocycles. The first-order valence-electron chi connectivity index (χ1n) is 11.0. The van der Waals surface area contributed by atoms with E-state index >= 15 is 0 Å². The number of nitrogens with one attached hydrogen (secondary N) is 2. The summed E-state index contributed by atoms with van der Waals surface area (Å²) in [4.78, 5) is 7.30. The molecular formula is C23H31N7O. The molecule has 164 valence electrons. The molecule has 0 spiro atoms. The van der Waals surface area contributed by atoms with Crippen molar-refractivity contribution in [2.24, 2.45) is 4.99 Å². The Kier molecular flexibility index (Phi) is 6.99. The minimum Gasteiger partial charge on any atom is -0.497 e. The number of hydrogen-bond acceptors (Lipinski definition) is 5. The van der Waals surface area contributed by atoms with Crippen LogP contribution in [0.15, 0.2) is 53.7 Å². The van der Waals surface area contributed by atoms with Crippen LogP contribution in [0.3, 0.4) is 0 Å². The van der Waals surface area contributed by atoms with E-state index in [9.17, 15) is 0 Å². The Bertz CT molecular complexity index is 993. The Labute approximate surface area is 183 Å². The van der Waals surface area contributed by atoms with Gasteiger partial charge >= 0.3 is 0 Å². The molecule has 1 atom stereocenters. The lowest BCUT2D eigenvalue weighted by Crippen LogP contribution is -2.42. The first kappa shape index (κ1) is 21.1. The summed E-state index contributed by atoms with van der Waals surface area (Å²) in [6.07, 6.45) is 4.47. The highest BCUT2D eigenvalue weighted by molar-refractivity contribution is 5.79. The summed E-state index contributed by atoms with van der Waals surface area (Å²) in [6.45, 7) is 6.35. The number of likely N-dealkylation sites (tertiary alicyclic amines) is 1. The monoisotopic (exact) mass is 421 g/mol. The summed E-state index contributed by atoms with van der Waals surface area (Å²) >= 11 is 0. The van der Waals surface area contributed by atoms with Gasteiger partial charge in [0.05, 0.1) is 13.2 Å². The van der Waals surface area contributed by atoms with Crippen molar-refractivity contribution in [3.05, 3.63) is 60.0 Å². The number of rotatable bonds is 8. The van der Waals surface area contributed by atoms with Gasteiger partial charge in [0, 0.05) is 19.3 Å². The largest absolute Gasteiger partial charge is 0.497 e. The van der Waals surface area contributed by atoms with Crippen molar-refractivity contribution >= 4 is 11.6 Å². The van der Waals surface area contributed by atoms with Crippen molar-refractivity contribution in [2.75, 3.05) is 33.3 Å². The molecule has 1 aromatic carbocycles. The maximum atomic E-state index is 5.33. The van der Waals surface area contributed by atoms with Crippen molar-refractivity contribution in [1.82, 2.24) is 30.1 Å². The van der Waals surface area contributed by atoms with E-state index in [1.54, 1.807) is 7.11 Å². The highest BCUT2D eigenvalue weighted by atomic mass is 16.5. The van der Waals surface area contributed by atoms with Gasteiger partial charge in [-0.3, -0.25) is 9.30 Å². The third kappa shape index (κ3) is 5.14. The average Bonchev–Trinajstić information content (AvgIpc) is 3.48. The molecule has 8 heteroatoms. The molecule has 0 amide bonds. The number of hydrogen-bond donors (Lipinski definition) is 2. The van der Waals surface area contributed by atoms with E-state index < -0.39 is 0 Å². The number of pyridine rings is 1. The van der Waals surface area contributed by atoms with Gasteiger partial charge in [0.25, 0.3) is 0 Å². The normalized spacial score (nSPS) is 15.9. The Morgan fingerprint density at radius 2 is 1.90 bits per heavy atom. The Morgan fingerprint density at radius 1 is 1.10 bits per heavy atom. The Hall–Kier alpha value is -3.13. The molecular weight excluding hydrogens is 390 g/mol. The minimum atomic E-state index is 0.284. The van der Waals surface area contributed by atoms with E-state index in [-0.39, 0.29) is 6.04 Å². The van der Waals surface area contributed by atoms with Crippen LogP contribution in [0.5, 0.6) is 5.75 Å². The van der Waals surface area contributed by atoms with Gasteiger partial charge in [-0.05, 0) is 62.7 Å². The van der Waals surface area contributed by atoms with Gasteiger partial charge in [-0.25, -0.2) is 4.99 Å². The lowest BCUT2D eigenvalue weighted by molar-refractivity contribution is 0.245. The molecule has 0 saturated carbocycles. The molecule has 31 heavy (non-hydrogen) atoms. The molecule has 4 rings (SSSR count). The van der Waals surface area contributed by atoms with Crippen molar-refractivity contribution in [3.63, 3.8) is 0 Å². The quantitative estimate of drug-likeness (QED) is 0.430. The second-order valence-electron chi connectivity index (χ2n) is 7.65. The van der Waals surface area contributed by atoms with E-state index in [0.717, 1.165) is 49.4 Å². The molecule has 2 N–H and O–H groups in total. The molecule has 2 aromatic heterocycles. The average molecular weight is 422 g/mol. The molecule has 1 aliphatic rings. The third-order valence-electron chi connectivity index (χ3n) is 5.65. The molecule has 1 unspecified atom stereocenters. The van der Waals surface area contributed by atoms with Crippen LogP contribution >= 0.6 is 0 Å². The lowest BCUT2D eigenvalue weighted by Gasteiger charge is -2.29. The first-order chi connectivity index (χ1) is 15.3. The number of benzene rings is 1. The highest BCUT2D eigenvalue weighted by Crippen LogP contribution is 2.26. The predicted octanol–water partition coefficient (Wildman–Crippen LogP) is 2.63. The molecule has 0 aliphatic carbocycles. The van der Waals surface area contributed by atoms with Gasteiger partial charge in [0.1, 0.15) is 12.3 Å². The van der Waals surface area contributed by atoms with E-state index in [1.807, 2.05) is 40.9 Å². The summed E-state index contributed by atoms with van der Waals surface area (Å²) < 4.78 is 7.30. The highest BCUT2D eigenvalue weighted by Gasteiger charge is 2.23. The Morgan fingerprint density at radius 3 is 2.65 bits per heavy atom. The molecule has 3 heterocycles. The van der Waals surface area contributed by atoms with Gasteiger partial charge in [0.15, 0.2) is 17.4 Å². The number of ether oxygens (including phenoxy) is 1. The zero-order chi connectivity index (χ0) is 21.5. The van der Waals surface area contributed by atoms with Gasteiger partial charge in [0.2, 0.25) is 0 Å². The van der Waals surface area contributed by atoms with Crippen molar-refractivity contribution in [3.8, 4) is 5.75 Å². The summed E-state index contributed by atoms with van der Waals surface area (Å²) in [5.41, 5.74) is 2.12. The smallest absolute Gasteiger partial charge is 0.191 e. The van der Waals surface area contributed by atoms with Crippen molar-refractivity contribution in [1.29, 1.82) is 0 Å². The van der Waals surface area contributed by atoms with E-state index in [4.69, 9.17) is 9.73 Å². The standard InChI is InChI=1S/C23H31N7O/c1-3-24-23(26-17-22-28-27-21-8-4-5-15-30(21)22)25-16-20(29-13-6-7-14-29)18-9-11-19(31-2)12-10-18/h4-5,8-12,15,20H,3,6-7,13-14,16-17H2,1-2H3,(H2,24,25,26). The maximum absolute atomic E-state index is 5.33. The van der Waals surface area contributed by atoms with Crippen LogP contribution in [0.2, 0.25) is 0 Å². The van der Waals surface area contributed by atoms with Crippen LogP contribution in [0.1, 0.15) is 37.2 Å². The number of aliphatic imine (C=N–C) groups is 1. The SMILES string of the molecule is CCNC(=NCc1nnc2ccccn12)NCC(c1ccc(OC)cc1)N1CCCC1. The molecule has 8 nitrogen and oxygen atoms in total. The summed E-state index contributed by atoms with van der Waals surface area (Å²) in [5, 5.41) is 15.4. The number of methoxy groups -OCH3 is 1. The summed E-state index contributed by atoms with van der Waals surface area (Å²) in [6, 6.07) is 14.6.